The summed E-state index contributed by atoms with van der Waals surface area (Å²) in [5, 5.41) is 6.52. The summed E-state index contributed by atoms with van der Waals surface area (Å²) in [5.74, 6) is 0.459. The molecule has 0 spiro atoms. The number of anilines is 1. The van der Waals surface area contributed by atoms with E-state index in [4.69, 9.17) is 9.26 Å². The molecular weight excluding hydrogens is 391 g/mol. The average molecular weight is 411 g/mol. The summed E-state index contributed by atoms with van der Waals surface area (Å²) < 4.78 is 49.3. The van der Waals surface area contributed by atoms with E-state index in [0.717, 1.165) is 18.8 Å². The quantitative estimate of drug-likeness (QED) is 0.805. The van der Waals surface area contributed by atoms with Crippen LogP contribution in [0.15, 0.2) is 29.2 Å². The van der Waals surface area contributed by atoms with Crippen LogP contribution < -0.4 is 10.2 Å². The van der Waals surface area contributed by atoms with E-state index in [2.05, 4.69) is 20.4 Å². The highest BCUT2D eigenvalue weighted by molar-refractivity contribution is 5.76. The van der Waals surface area contributed by atoms with E-state index in [9.17, 15) is 18.0 Å². The SMILES string of the molecule is O=C(C[C@@H]1OC[C@H]2CN(c3cc(C(F)(F)F)ncn3)CC[C@H]21)NCc1ccon1. The van der Waals surface area contributed by atoms with Crippen molar-refractivity contribution in [3.8, 4) is 0 Å². The van der Waals surface area contributed by atoms with Crippen molar-refractivity contribution in [2.24, 2.45) is 11.8 Å². The number of amides is 1. The minimum atomic E-state index is -4.50. The molecule has 11 heteroatoms. The Morgan fingerprint density at radius 3 is 2.97 bits per heavy atom. The van der Waals surface area contributed by atoms with Crippen molar-refractivity contribution in [1.29, 1.82) is 0 Å². The largest absolute Gasteiger partial charge is 0.433 e. The fraction of sp³-hybridized carbons (Fsp3) is 0.556. The minimum Gasteiger partial charge on any atom is -0.377 e. The number of halogens is 3. The van der Waals surface area contributed by atoms with Crippen molar-refractivity contribution < 1.29 is 27.2 Å². The predicted octanol–water partition coefficient (Wildman–Crippen LogP) is 2.03. The van der Waals surface area contributed by atoms with E-state index in [0.29, 0.717) is 31.9 Å². The second kappa shape index (κ2) is 7.97. The molecule has 0 aliphatic carbocycles. The second-order valence-electron chi connectivity index (χ2n) is 7.26. The van der Waals surface area contributed by atoms with E-state index in [1.54, 1.807) is 6.07 Å². The number of nitrogens with zero attached hydrogens (tertiary/aromatic N) is 4. The van der Waals surface area contributed by atoms with Gasteiger partial charge in [-0.25, -0.2) is 9.97 Å². The topological polar surface area (TPSA) is 93.4 Å². The van der Waals surface area contributed by atoms with Crippen molar-refractivity contribution in [2.75, 3.05) is 24.6 Å². The Bertz CT molecular complexity index is 846. The maximum atomic E-state index is 12.9. The molecule has 2 aliphatic rings. The van der Waals surface area contributed by atoms with Crippen LogP contribution in [-0.2, 0) is 22.3 Å². The molecule has 8 nitrogen and oxygen atoms in total. The molecule has 2 saturated heterocycles. The Balaban J connectivity index is 1.32. The molecule has 1 amide bonds. The fourth-order valence-electron chi connectivity index (χ4n) is 3.95. The van der Waals surface area contributed by atoms with E-state index in [1.807, 2.05) is 4.90 Å². The van der Waals surface area contributed by atoms with Crippen molar-refractivity contribution >= 4 is 11.7 Å². The summed E-state index contributed by atoms with van der Waals surface area (Å²) in [4.78, 5) is 21.3. The van der Waals surface area contributed by atoms with Crippen LogP contribution in [0.5, 0.6) is 0 Å². The van der Waals surface area contributed by atoms with Gasteiger partial charge in [-0.1, -0.05) is 5.16 Å². The maximum absolute atomic E-state index is 12.9. The van der Waals surface area contributed by atoms with Gasteiger partial charge in [-0.3, -0.25) is 4.79 Å². The summed E-state index contributed by atoms with van der Waals surface area (Å²) in [7, 11) is 0. The molecule has 0 unspecified atom stereocenters. The van der Waals surface area contributed by atoms with Crippen LogP contribution in [0.3, 0.4) is 0 Å². The van der Waals surface area contributed by atoms with Crippen molar-refractivity contribution in [3.63, 3.8) is 0 Å². The summed E-state index contributed by atoms with van der Waals surface area (Å²) in [5.41, 5.74) is -0.311. The molecule has 4 rings (SSSR count). The van der Waals surface area contributed by atoms with Gasteiger partial charge in [0.15, 0.2) is 0 Å². The predicted molar refractivity (Wildman–Crippen MR) is 93.6 cm³/mol. The third kappa shape index (κ3) is 4.50. The van der Waals surface area contributed by atoms with Crippen LogP contribution in [0, 0.1) is 11.8 Å². The standard InChI is InChI=1S/C18H20F3N5O3/c19-18(20,21)15-6-16(24-10-23-15)26-3-1-13-11(8-26)9-28-14(13)5-17(27)22-7-12-2-4-29-25-12/h2,4,6,10-11,13-14H,1,3,5,7-9H2,(H,22,27)/t11-,13-,14+/m1/s1. The molecule has 2 aromatic rings. The Morgan fingerprint density at radius 1 is 1.34 bits per heavy atom. The van der Waals surface area contributed by atoms with Crippen molar-refractivity contribution in [2.45, 2.75) is 31.7 Å². The highest BCUT2D eigenvalue weighted by atomic mass is 19.4. The Hall–Kier alpha value is -2.69. The average Bonchev–Trinajstić information content (AvgIpc) is 3.36. The third-order valence-corrected chi connectivity index (χ3v) is 5.41. The van der Waals surface area contributed by atoms with Gasteiger partial charge in [0.05, 0.1) is 25.7 Å². The highest BCUT2D eigenvalue weighted by Crippen LogP contribution is 2.37. The molecule has 2 aromatic heterocycles. The fourth-order valence-corrected chi connectivity index (χ4v) is 3.95. The summed E-state index contributed by atoms with van der Waals surface area (Å²) in [6.45, 7) is 1.85. The lowest BCUT2D eigenvalue weighted by molar-refractivity contribution is -0.141. The Morgan fingerprint density at radius 2 is 2.21 bits per heavy atom. The first-order chi connectivity index (χ1) is 13.9. The van der Waals surface area contributed by atoms with Crippen molar-refractivity contribution in [1.82, 2.24) is 20.4 Å². The second-order valence-corrected chi connectivity index (χ2v) is 7.26. The summed E-state index contributed by atoms with van der Waals surface area (Å²) in [6, 6.07) is 2.65. The van der Waals surface area contributed by atoms with Gasteiger partial charge in [0, 0.05) is 31.1 Å². The number of fused-ring (bicyclic) bond motifs is 1. The van der Waals surface area contributed by atoms with Gasteiger partial charge >= 0.3 is 6.18 Å². The van der Waals surface area contributed by atoms with E-state index in [-0.39, 0.29) is 36.1 Å². The van der Waals surface area contributed by atoms with Gasteiger partial charge in [0.2, 0.25) is 5.91 Å². The molecule has 156 valence electrons. The molecule has 0 saturated carbocycles. The third-order valence-electron chi connectivity index (χ3n) is 5.41. The zero-order valence-corrected chi connectivity index (χ0v) is 15.4. The maximum Gasteiger partial charge on any atom is 0.433 e. The first kappa shape index (κ1) is 19.6. The normalized spacial score (nSPS) is 24.4. The molecule has 0 aromatic carbocycles. The number of hydrogen-bond donors (Lipinski definition) is 1. The van der Waals surface area contributed by atoms with Crippen LogP contribution in [-0.4, -0.2) is 46.8 Å². The Kier molecular flexibility index (Phi) is 5.39. The van der Waals surface area contributed by atoms with E-state index in [1.165, 1.54) is 6.26 Å². The van der Waals surface area contributed by atoms with Gasteiger partial charge in [-0.05, 0) is 12.3 Å². The zero-order chi connectivity index (χ0) is 20.4. The summed E-state index contributed by atoms with van der Waals surface area (Å²) >= 11 is 0. The molecule has 2 fully saturated rings. The van der Waals surface area contributed by atoms with E-state index >= 15 is 0 Å². The number of rotatable bonds is 5. The highest BCUT2D eigenvalue weighted by Gasteiger charge is 2.42. The number of piperidine rings is 1. The van der Waals surface area contributed by atoms with Crippen LogP contribution in [0.25, 0.3) is 0 Å². The molecule has 0 radical (unpaired) electrons. The zero-order valence-electron chi connectivity index (χ0n) is 15.4. The van der Waals surface area contributed by atoms with Gasteiger partial charge in [0.25, 0.3) is 0 Å². The number of nitrogens with one attached hydrogen (secondary N) is 1. The number of ether oxygens (including phenoxy) is 1. The van der Waals surface area contributed by atoms with Crippen LogP contribution >= 0.6 is 0 Å². The Labute approximate surface area is 164 Å². The van der Waals surface area contributed by atoms with Gasteiger partial charge in [-0.2, -0.15) is 13.2 Å². The number of carbonyl (C=O) groups is 1. The van der Waals surface area contributed by atoms with Gasteiger partial charge in [0.1, 0.15) is 29.8 Å². The monoisotopic (exact) mass is 411 g/mol. The van der Waals surface area contributed by atoms with Gasteiger partial charge < -0.3 is 19.5 Å². The van der Waals surface area contributed by atoms with E-state index < -0.39 is 11.9 Å². The number of alkyl halides is 3. The molecule has 1 N–H and O–H groups in total. The molecule has 3 atom stereocenters. The van der Waals surface area contributed by atoms with Crippen LogP contribution in [0.4, 0.5) is 19.0 Å². The lowest BCUT2D eigenvalue weighted by atomic mass is 9.83. The lowest BCUT2D eigenvalue weighted by Gasteiger charge is -2.36. The van der Waals surface area contributed by atoms with Gasteiger partial charge in [-0.15, -0.1) is 0 Å². The first-order valence-electron chi connectivity index (χ1n) is 9.32. The molecule has 2 aliphatic heterocycles. The number of carbonyl (C=O) groups excluding carboxylic acids is 1. The smallest absolute Gasteiger partial charge is 0.377 e. The first-order valence-corrected chi connectivity index (χ1v) is 9.32. The molecular formula is C18H20F3N5O3. The number of hydrogen-bond acceptors (Lipinski definition) is 7. The van der Waals surface area contributed by atoms with Crippen LogP contribution in [0.2, 0.25) is 0 Å². The van der Waals surface area contributed by atoms with Crippen LogP contribution in [0.1, 0.15) is 24.2 Å². The molecule has 29 heavy (non-hydrogen) atoms. The number of aromatic nitrogens is 3. The molecule has 0 bridgehead atoms. The minimum absolute atomic E-state index is 0.133. The summed E-state index contributed by atoms with van der Waals surface area (Å²) in [6.07, 6.45) is -1.36. The molecule has 4 heterocycles. The van der Waals surface area contributed by atoms with Crippen molar-refractivity contribution in [3.05, 3.63) is 36.1 Å². The lowest BCUT2D eigenvalue weighted by Crippen LogP contribution is -2.42.